The number of ether oxygens (including phenoxy) is 2. The molecule has 0 saturated heterocycles. The monoisotopic (exact) mass is 348 g/mol. The van der Waals surface area contributed by atoms with Crippen molar-refractivity contribution in [3.63, 3.8) is 0 Å². The summed E-state index contributed by atoms with van der Waals surface area (Å²) in [6.07, 6.45) is -4.37. The molecule has 0 heterocycles. The molecule has 4 nitrogen and oxygen atoms in total. The van der Waals surface area contributed by atoms with Crippen LogP contribution in [0.5, 0.6) is 11.5 Å². The van der Waals surface area contributed by atoms with Gasteiger partial charge in [-0.3, -0.25) is 0 Å². The van der Waals surface area contributed by atoms with Crippen LogP contribution in [0.25, 0.3) is 0 Å². The summed E-state index contributed by atoms with van der Waals surface area (Å²) >= 11 is 0. The number of nitrogens with one attached hydrogen (secondary N) is 1. The maximum absolute atomic E-state index is 12.2. The van der Waals surface area contributed by atoms with Crippen molar-refractivity contribution in [2.75, 3.05) is 40.9 Å². The van der Waals surface area contributed by atoms with Crippen LogP contribution < -0.4 is 14.8 Å². The molecule has 0 spiro atoms. The first-order chi connectivity index (χ1) is 11.0. The molecular formula is C17H27F3N2O2. The zero-order chi connectivity index (χ0) is 18.4. The molecule has 0 saturated carbocycles. The van der Waals surface area contributed by atoms with Crippen molar-refractivity contribution >= 4 is 0 Å². The summed E-state index contributed by atoms with van der Waals surface area (Å²) < 4.78 is 46.6. The SMILES string of the molecule is COc1cc(CNCC(C)(C)CN(C)C)ccc1OCC(F)(F)F. The van der Waals surface area contributed by atoms with Gasteiger partial charge in [0.15, 0.2) is 18.1 Å². The van der Waals surface area contributed by atoms with Crippen LogP contribution in [-0.4, -0.2) is 52.0 Å². The number of benzene rings is 1. The van der Waals surface area contributed by atoms with Gasteiger partial charge in [0, 0.05) is 19.6 Å². The van der Waals surface area contributed by atoms with Crippen LogP contribution in [0, 0.1) is 5.41 Å². The Balaban J connectivity index is 2.61. The smallest absolute Gasteiger partial charge is 0.422 e. The van der Waals surface area contributed by atoms with Gasteiger partial charge < -0.3 is 19.7 Å². The van der Waals surface area contributed by atoms with E-state index in [4.69, 9.17) is 9.47 Å². The van der Waals surface area contributed by atoms with E-state index in [2.05, 4.69) is 24.1 Å². The van der Waals surface area contributed by atoms with E-state index in [1.54, 1.807) is 12.1 Å². The molecule has 0 aliphatic carbocycles. The Hall–Kier alpha value is -1.47. The highest BCUT2D eigenvalue weighted by molar-refractivity contribution is 5.43. The molecule has 0 fully saturated rings. The molecule has 0 atom stereocenters. The van der Waals surface area contributed by atoms with Crippen molar-refractivity contribution in [1.82, 2.24) is 10.2 Å². The van der Waals surface area contributed by atoms with E-state index >= 15 is 0 Å². The highest BCUT2D eigenvalue weighted by Gasteiger charge is 2.29. The fourth-order valence-electron chi connectivity index (χ4n) is 2.56. The van der Waals surface area contributed by atoms with Crippen molar-refractivity contribution in [3.8, 4) is 11.5 Å². The summed E-state index contributed by atoms with van der Waals surface area (Å²) in [7, 11) is 5.48. The van der Waals surface area contributed by atoms with Gasteiger partial charge >= 0.3 is 6.18 Å². The van der Waals surface area contributed by atoms with Crippen LogP contribution >= 0.6 is 0 Å². The van der Waals surface area contributed by atoms with Crippen molar-refractivity contribution < 1.29 is 22.6 Å². The minimum Gasteiger partial charge on any atom is -0.493 e. The first-order valence-corrected chi connectivity index (χ1v) is 7.74. The van der Waals surface area contributed by atoms with E-state index in [0.717, 1.165) is 18.7 Å². The van der Waals surface area contributed by atoms with E-state index < -0.39 is 12.8 Å². The van der Waals surface area contributed by atoms with Gasteiger partial charge in [-0.05, 0) is 37.2 Å². The van der Waals surface area contributed by atoms with E-state index in [1.165, 1.54) is 13.2 Å². The van der Waals surface area contributed by atoms with Crippen molar-refractivity contribution in [2.45, 2.75) is 26.6 Å². The van der Waals surface area contributed by atoms with Crippen molar-refractivity contribution in [3.05, 3.63) is 23.8 Å². The Bertz CT molecular complexity index is 517. The molecule has 0 unspecified atom stereocenters. The van der Waals surface area contributed by atoms with E-state index in [-0.39, 0.29) is 11.2 Å². The standard InChI is InChI=1S/C17H27F3N2O2/c1-16(2,11-22(3)4)10-21-9-13-6-7-14(15(8-13)23-5)24-12-17(18,19)20/h6-8,21H,9-12H2,1-5H3. The third-order valence-electron chi connectivity index (χ3n) is 3.30. The third kappa shape index (κ3) is 7.88. The maximum atomic E-state index is 12.2. The van der Waals surface area contributed by atoms with Crippen LogP contribution in [0.2, 0.25) is 0 Å². The lowest BCUT2D eigenvalue weighted by atomic mass is 9.93. The van der Waals surface area contributed by atoms with Crippen LogP contribution in [-0.2, 0) is 6.54 Å². The summed E-state index contributed by atoms with van der Waals surface area (Å²) in [5, 5.41) is 3.37. The number of hydrogen-bond donors (Lipinski definition) is 1. The van der Waals surface area contributed by atoms with E-state index in [0.29, 0.717) is 12.3 Å². The van der Waals surface area contributed by atoms with Crippen LogP contribution in [0.15, 0.2) is 18.2 Å². The number of alkyl halides is 3. The van der Waals surface area contributed by atoms with Crippen LogP contribution in [0.3, 0.4) is 0 Å². The maximum Gasteiger partial charge on any atom is 0.422 e. The second-order valence-corrected chi connectivity index (χ2v) is 6.89. The first kappa shape index (κ1) is 20.6. The van der Waals surface area contributed by atoms with Crippen LogP contribution in [0.4, 0.5) is 13.2 Å². The zero-order valence-electron chi connectivity index (χ0n) is 15.0. The molecule has 1 aromatic carbocycles. The average molecular weight is 348 g/mol. The molecule has 0 aliphatic heterocycles. The molecular weight excluding hydrogens is 321 g/mol. The summed E-state index contributed by atoms with van der Waals surface area (Å²) in [5.74, 6) is 0.387. The Morgan fingerprint density at radius 1 is 1.12 bits per heavy atom. The molecule has 1 rings (SSSR count). The van der Waals surface area contributed by atoms with Crippen LogP contribution in [0.1, 0.15) is 19.4 Å². The lowest BCUT2D eigenvalue weighted by molar-refractivity contribution is -0.153. The fourth-order valence-corrected chi connectivity index (χ4v) is 2.56. The third-order valence-corrected chi connectivity index (χ3v) is 3.30. The molecule has 0 bridgehead atoms. The van der Waals surface area contributed by atoms with Gasteiger partial charge in [-0.15, -0.1) is 0 Å². The molecule has 7 heteroatoms. The van der Waals surface area contributed by atoms with Gasteiger partial charge in [0.25, 0.3) is 0 Å². The van der Waals surface area contributed by atoms with Gasteiger partial charge in [0.2, 0.25) is 0 Å². The molecule has 24 heavy (non-hydrogen) atoms. The average Bonchev–Trinajstić information content (AvgIpc) is 2.43. The predicted molar refractivity (Wildman–Crippen MR) is 88.6 cm³/mol. The molecule has 0 radical (unpaired) electrons. The van der Waals surface area contributed by atoms with Gasteiger partial charge in [-0.1, -0.05) is 19.9 Å². The van der Waals surface area contributed by atoms with Gasteiger partial charge in [-0.2, -0.15) is 13.2 Å². The molecule has 138 valence electrons. The highest BCUT2D eigenvalue weighted by atomic mass is 19.4. The number of hydrogen-bond acceptors (Lipinski definition) is 4. The van der Waals surface area contributed by atoms with Gasteiger partial charge in [0.05, 0.1) is 7.11 Å². The predicted octanol–water partition coefficient (Wildman–Crippen LogP) is 3.31. The second kappa shape index (κ2) is 8.58. The second-order valence-electron chi connectivity index (χ2n) is 6.89. The largest absolute Gasteiger partial charge is 0.493 e. The molecule has 0 amide bonds. The Morgan fingerprint density at radius 2 is 1.79 bits per heavy atom. The summed E-state index contributed by atoms with van der Waals surface area (Å²) in [5.41, 5.74) is 1.04. The van der Waals surface area contributed by atoms with Crippen molar-refractivity contribution in [2.24, 2.45) is 5.41 Å². The number of methoxy groups -OCH3 is 1. The summed E-state index contributed by atoms with van der Waals surface area (Å²) in [6.45, 7) is 5.39. The lowest BCUT2D eigenvalue weighted by Crippen LogP contribution is -2.37. The minimum absolute atomic E-state index is 0.0894. The number of rotatable bonds is 9. The number of halogens is 3. The Morgan fingerprint density at radius 3 is 2.33 bits per heavy atom. The van der Waals surface area contributed by atoms with E-state index in [1.807, 2.05) is 14.1 Å². The first-order valence-electron chi connectivity index (χ1n) is 7.74. The molecule has 1 N–H and O–H groups in total. The van der Waals surface area contributed by atoms with Gasteiger partial charge in [-0.25, -0.2) is 0 Å². The Labute approximate surface area is 141 Å². The topological polar surface area (TPSA) is 33.7 Å². The lowest BCUT2D eigenvalue weighted by Gasteiger charge is -2.28. The Kier molecular flexibility index (Phi) is 7.35. The van der Waals surface area contributed by atoms with Crippen molar-refractivity contribution in [1.29, 1.82) is 0 Å². The number of nitrogens with zero attached hydrogens (tertiary/aromatic N) is 1. The quantitative estimate of drug-likeness (QED) is 0.742. The highest BCUT2D eigenvalue weighted by Crippen LogP contribution is 2.29. The zero-order valence-corrected chi connectivity index (χ0v) is 15.0. The molecule has 0 aromatic heterocycles. The van der Waals surface area contributed by atoms with E-state index in [9.17, 15) is 13.2 Å². The minimum atomic E-state index is -4.37. The fraction of sp³-hybridized carbons (Fsp3) is 0.647. The summed E-state index contributed by atoms with van der Waals surface area (Å²) in [4.78, 5) is 2.14. The molecule has 1 aromatic rings. The van der Waals surface area contributed by atoms with Gasteiger partial charge in [0.1, 0.15) is 0 Å². The molecule has 0 aliphatic rings. The summed E-state index contributed by atoms with van der Waals surface area (Å²) in [6, 6.07) is 4.93. The normalized spacial score (nSPS) is 12.5.